The van der Waals surface area contributed by atoms with Gasteiger partial charge in [0.15, 0.2) is 15.0 Å². The molecule has 0 aliphatic carbocycles. The van der Waals surface area contributed by atoms with E-state index in [4.69, 9.17) is 0 Å². The number of anilines is 1. The lowest BCUT2D eigenvalue weighted by molar-refractivity contribution is -0.119. The van der Waals surface area contributed by atoms with Crippen molar-refractivity contribution in [1.82, 2.24) is 10.3 Å². The first-order valence-electron chi connectivity index (χ1n) is 7.11. The van der Waals surface area contributed by atoms with Gasteiger partial charge in [-0.25, -0.2) is 13.4 Å². The summed E-state index contributed by atoms with van der Waals surface area (Å²) in [6, 6.07) is 0.138. The molecule has 1 aromatic rings. The van der Waals surface area contributed by atoms with E-state index in [0.29, 0.717) is 11.6 Å². The quantitative estimate of drug-likeness (QED) is 0.826. The monoisotopic (exact) mass is 331 g/mol. The van der Waals surface area contributed by atoms with Crippen LogP contribution < -0.4 is 10.6 Å². The molecule has 21 heavy (non-hydrogen) atoms. The summed E-state index contributed by atoms with van der Waals surface area (Å²) in [5, 5.41) is 8.51. The molecular weight excluding hydrogens is 310 g/mol. The molecule has 2 atom stereocenters. The molecule has 1 aromatic heterocycles. The molecule has 118 valence electrons. The fourth-order valence-electron chi connectivity index (χ4n) is 2.22. The average molecular weight is 331 g/mol. The lowest BCUT2D eigenvalue weighted by atomic mass is 10.1. The van der Waals surface area contributed by atoms with Gasteiger partial charge >= 0.3 is 0 Å². The van der Waals surface area contributed by atoms with Crippen LogP contribution in [0.4, 0.5) is 5.13 Å². The number of sulfone groups is 1. The summed E-state index contributed by atoms with van der Waals surface area (Å²) in [6.45, 7) is 5.04. The van der Waals surface area contributed by atoms with Gasteiger partial charge in [0.2, 0.25) is 5.91 Å². The molecule has 6 nitrogen and oxygen atoms in total. The minimum Gasteiger partial charge on any atom is -0.309 e. The number of hydrogen-bond donors (Lipinski definition) is 2. The number of hydrogen-bond acceptors (Lipinski definition) is 6. The molecule has 1 aliphatic heterocycles. The molecule has 1 amide bonds. The summed E-state index contributed by atoms with van der Waals surface area (Å²) in [5.41, 5.74) is 0.891. The Morgan fingerprint density at radius 1 is 1.57 bits per heavy atom. The van der Waals surface area contributed by atoms with Gasteiger partial charge in [0.1, 0.15) is 0 Å². The molecule has 0 radical (unpaired) electrons. The van der Waals surface area contributed by atoms with Crippen molar-refractivity contribution in [2.24, 2.45) is 5.92 Å². The van der Waals surface area contributed by atoms with Crippen molar-refractivity contribution in [2.75, 3.05) is 23.4 Å². The molecule has 8 heteroatoms. The topological polar surface area (TPSA) is 88.2 Å². The van der Waals surface area contributed by atoms with Gasteiger partial charge in [-0.1, -0.05) is 6.92 Å². The number of carbonyl (C=O) groups is 1. The first-order valence-corrected chi connectivity index (χ1v) is 9.81. The van der Waals surface area contributed by atoms with E-state index in [1.165, 1.54) is 11.3 Å². The highest BCUT2D eigenvalue weighted by Crippen LogP contribution is 2.24. The van der Waals surface area contributed by atoms with Crippen LogP contribution in [0.15, 0.2) is 5.38 Å². The van der Waals surface area contributed by atoms with Crippen LogP contribution in [0.2, 0.25) is 0 Å². The first kappa shape index (κ1) is 16.4. The van der Waals surface area contributed by atoms with Crippen molar-refractivity contribution < 1.29 is 13.2 Å². The molecule has 2 unspecified atom stereocenters. The Morgan fingerprint density at radius 2 is 2.33 bits per heavy atom. The summed E-state index contributed by atoms with van der Waals surface area (Å²) < 4.78 is 22.8. The maximum absolute atomic E-state index is 12.0. The van der Waals surface area contributed by atoms with Gasteiger partial charge in [0, 0.05) is 11.4 Å². The van der Waals surface area contributed by atoms with Crippen molar-refractivity contribution in [1.29, 1.82) is 0 Å². The number of rotatable bonds is 6. The fourth-order valence-corrected chi connectivity index (χ4v) is 4.77. The zero-order valence-corrected chi connectivity index (χ0v) is 13.9. The van der Waals surface area contributed by atoms with E-state index < -0.39 is 15.8 Å². The lowest BCUT2D eigenvalue weighted by Crippen LogP contribution is -2.24. The molecule has 1 fully saturated rings. The molecule has 0 spiro atoms. The molecule has 0 bridgehead atoms. The first-order chi connectivity index (χ1) is 9.91. The third-order valence-electron chi connectivity index (χ3n) is 3.50. The maximum Gasteiger partial charge on any atom is 0.230 e. The fraction of sp³-hybridized carbons (Fsp3) is 0.692. The number of nitrogens with one attached hydrogen (secondary N) is 2. The van der Waals surface area contributed by atoms with E-state index in [1.807, 2.05) is 12.3 Å². The standard InChI is InChI=1S/C13H21N3O3S2/c1-3-5-14-9(2)11-7-20-13(15-11)16-12(17)10-4-6-21(18,19)8-10/h7,9-10,14H,3-6,8H2,1-2H3,(H,15,16,17). The van der Waals surface area contributed by atoms with Crippen LogP contribution in [-0.4, -0.2) is 37.4 Å². The third kappa shape index (κ3) is 4.49. The van der Waals surface area contributed by atoms with Crippen molar-refractivity contribution in [3.8, 4) is 0 Å². The largest absolute Gasteiger partial charge is 0.309 e. The average Bonchev–Trinajstić information content (AvgIpc) is 3.02. The van der Waals surface area contributed by atoms with Crippen LogP contribution in [0.1, 0.15) is 38.4 Å². The minimum atomic E-state index is -3.04. The van der Waals surface area contributed by atoms with E-state index in [2.05, 4.69) is 22.5 Å². The second-order valence-electron chi connectivity index (χ2n) is 5.34. The maximum atomic E-state index is 12.0. The van der Waals surface area contributed by atoms with Gasteiger partial charge in [-0.05, 0) is 26.3 Å². The lowest BCUT2D eigenvalue weighted by Gasteiger charge is -2.10. The summed E-state index contributed by atoms with van der Waals surface area (Å²) in [6.07, 6.45) is 1.45. The summed E-state index contributed by atoms with van der Waals surface area (Å²) in [7, 11) is -3.04. The van der Waals surface area contributed by atoms with Gasteiger partial charge in [-0.3, -0.25) is 4.79 Å². The molecule has 0 aromatic carbocycles. The van der Waals surface area contributed by atoms with Crippen LogP contribution in [-0.2, 0) is 14.6 Å². The van der Waals surface area contributed by atoms with E-state index in [0.717, 1.165) is 18.7 Å². The van der Waals surface area contributed by atoms with Crippen LogP contribution in [0.3, 0.4) is 0 Å². The zero-order chi connectivity index (χ0) is 15.5. The molecule has 1 aliphatic rings. The van der Waals surface area contributed by atoms with E-state index in [9.17, 15) is 13.2 Å². The highest BCUT2D eigenvalue weighted by atomic mass is 32.2. The van der Waals surface area contributed by atoms with Gasteiger partial charge in [-0.15, -0.1) is 11.3 Å². The molecule has 2 N–H and O–H groups in total. The Labute approximate surface area is 129 Å². The van der Waals surface area contributed by atoms with Crippen molar-refractivity contribution in [2.45, 2.75) is 32.7 Å². The Morgan fingerprint density at radius 3 is 2.95 bits per heavy atom. The van der Waals surface area contributed by atoms with Crippen LogP contribution in [0.5, 0.6) is 0 Å². The Bertz CT molecular complexity index is 598. The summed E-state index contributed by atoms with van der Waals surface area (Å²) in [4.78, 5) is 16.4. The van der Waals surface area contributed by atoms with Crippen LogP contribution in [0.25, 0.3) is 0 Å². The Balaban J connectivity index is 1.92. The Hall–Kier alpha value is -0.990. The number of aromatic nitrogens is 1. The smallest absolute Gasteiger partial charge is 0.230 e. The second-order valence-corrected chi connectivity index (χ2v) is 8.43. The van der Waals surface area contributed by atoms with Gasteiger partial charge in [-0.2, -0.15) is 0 Å². The van der Waals surface area contributed by atoms with E-state index >= 15 is 0 Å². The number of thiazole rings is 1. The number of carbonyl (C=O) groups excluding carboxylic acids is 1. The van der Waals surface area contributed by atoms with E-state index in [1.54, 1.807) is 0 Å². The minimum absolute atomic E-state index is 0.0501. The van der Waals surface area contributed by atoms with Gasteiger partial charge in [0.05, 0.1) is 23.1 Å². The SMILES string of the molecule is CCCNC(C)c1csc(NC(=O)C2CCS(=O)(=O)C2)n1. The molecule has 1 saturated heterocycles. The third-order valence-corrected chi connectivity index (χ3v) is 6.04. The van der Waals surface area contributed by atoms with Crippen molar-refractivity contribution in [3.63, 3.8) is 0 Å². The summed E-state index contributed by atoms with van der Waals surface area (Å²) >= 11 is 1.37. The molecule has 2 rings (SSSR count). The number of nitrogens with zero attached hydrogens (tertiary/aromatic N) is 1. The van der Waals surface area contributed by atoms with Crippen LogP contribution >= 0.6 is 11.3 Å². The number of amides is 1. The van der Waals surface area contributed by atoms with Crippen molar-refractivity contribution in [3.05, 3.63) is 11.1 Å². The highest BCUT2D eigenvalue weighted by molar-refractivity contribution is 7.91. The van der Waals surface area contributed by atoms with Crippen molar-refractivity contribution >= 4 is 32.2 Å². The predicted molar refractivity (Wildman–Crippen MR) is 84.2 cm³/mol. The van der Waals surface area contributed by atoms with Gasteiger partial charge in [0.25, 0.3) is 0 Å². The Kier molecular flexibility index (Phi) is 5.34. The van der Waals surface area contributed by atoms with Gasteiger partial charge < -0.3 is 10.6 Å². The normalized spacial score (nSPS) is 22.1. The van der Waals surface area contributed by atoms with Crippen LogP contribution in [0, 0.1) is 5.92 Å². The highest BCUT2D eigenvalue weighted by Gasteiger charge is 2.33. The second kappa shape index (κ2) is 6.85. The van der Waals surface area contributed by atoms with E-state index in [-0.39, 0.29) is 23.5 Å². The summed E-state index contributed by atoms with van der Waals surface area (Å²) in [5.74, 6) is -0.637. The molecular formula is C13H21N3O3S2. The molecule has 0 saturated carbocycles. The predicted octanol–water partition coefficient (Wildman–Crippen LogP) is 1.58. The molecule has 2 heterocycles. The zero-order valence-electron chi connectivity index (χ0n) is 12.3.